The average molecular weight is 407 g/mol. The highest BCUT2D eigenvalue weighted by Gasteiger charge is 2.13. The smallest absolute Gasteiger partial charge is 0.368 e. The monoisotopic (exact) mass is 406 g/mol. The van der Waals surface area contributed by atoms with Crippen molar-refractivity contribution in [1.82, 2.24) is 19.8 Å². The lowest BCUT2D eigenvalue weighted by Crippen LogP contribution is -2.23. The predicted octanol–water partition coefficient (Wildman–Crippen LogP) is 4.17. The Morgan fingerprint density at radius 2 is 1.72 bits per heavy atom. The molecule has 6 nitrogen and oxygen atoms in total. The number of aryl methyl sites for hydroxylation is 2. The number of aromatic nitrogens is 4. The molecule has 0 fully saturated rings. The summed E-state index contributed by atoms with van der Waals surface area (Å²) in [6.07, 6.45) is 0. The fraction of sp³-hybridized carbons (Fsp3) is 0.136. The number of hydrogen-bond acceptors (Lipinski definition) is 4. The van der Waals surface area contributed by atoms with E-state index in [4.69, 9.17) is 16.3 Å². The van der Waals surface area contributed by atoms with Gasteiger partial charge in [0.25, 0.3) is 0 Å². The number of ether oxygens (including phenoxy) is 1. The summed E-state index contributed by atoms with van der Waals surface area (Å²) in [5.74, 6) is 0.734. The summed E-state index contributed by atoms with van der Waals surface area (Å²) in [4.78, 5) is 12.3. The number of halogens is 1. The Bertz CT molecular complexity index is 1210. The largest absolute Gasteiger partial charge is 0.489 e. The van der Waals surface area contributed by atoms with Gasteiger partial charge >= 0.3 is 5.69 Å². The van der Waals surface area contributed by atoms with Crippen LogP contribution in [0.25, 0.3) is 16.8 Å². The molecular weight excluding hydrogens is 388 g/mol. The highest BCUT2D eigenvalue weighted by atomic mass is 35.5. The molecule has 7 heteroatoms. The summed E-state index contributed by atoms with van der Waals surface area (Å²) in [6.45, 7) is 2.28. The van der Waals surface area contributed by atoms with Gasteiger partial charge in [0, 0.05) is 17.6 Å². The third-order valence-electron chi connectivity index (χ3n) is 4.73. The van der Waals surface area contributed by atoms with Crippen LogP contribution in [0.2, 0.25) is 5.02 Å². The highest BCUT2D eigenvalue weighted by molar-refractivity contribution is 6.30. The van der Waals surface area contributed by atoms with Crippen LogP contribution >= 0.6 is 11.6 Å². The third-order valence-corrected chi connectivity index (χ3v) is 4.98. The molecule has 0 atom stereocenters. The van der Waals surface area contributed by atoms with Crippen molar-refractivity contribution in [2.75, 3.05) is 0 Å². The second-order valence-corrected chi connectivity index (χ2v) is 7.13. The molecule has 4 aromatic rings. The summed E-state index contributed by atoms with van der Waals surface area (Å²) >= 11 is 5.98. The topological polar surface area (TPSA) is 61.9 Å². The van der Waals surface area contributed by atoms with Crippen LogP contribution in [0.4, 0.5) is 0 Å². The molecule has 4 rings (SSSR count). The molecule has 0 saturated heterocycles. The van der Waals surface area contributed by atoms with E-state index in [-0.39, 0.29) is 5.69 Å². The number of benzene rings is 3. The second-order valence-electron chi connectivity index (χ2n) is 6.69. The Balaban J connectivity index is 1.62. The van der Waals surface area contributed by atoms with Crippen molar-refractivity contribution in [3.63, 3.8) is 0 Å². The van der Waals surface area contributed by atoms with Gasteiger partial charge in [-0.1, -0.05) is 48.0 Å². The van der Waals surface area contributed by atoms with Crippen LogP contribution < -0.4 is 10.4 Å². The third kappa shape index (κ3) is 3.93. The number of hydrogen-bond donors (Lipinski definition) is 0. The van der Waals surface area contributed by atoms with Gasteiger partial charge in [-0.05, 0) is 64.4 Å². The molecule has 1 heterocycles. The second kappa shape index (κ2) is 7.93. The predicted molar refractivity (Wildman–Crippen MR) is 113 cm³/mol. The van der Waals surface area contributed by atoms with Crippen molar-refractivity contribution in [1.29, 1.82) is 0 Å². The van der Waals surface area contributed by atoms with Gasteiger partial charge in [-0.15, -0.1) is 0 Å². The molecular formula is C22H19ClN4O2. The summed E-state index contributed by atoms with van der Waals surface area (Å²) in [7, 11) is 1.57. The lowest BCUT2D eigenvalue weighted by Gasteiger charge is -2.13. The molecule has 3 aromatic carbocycles. The summed E-state index contributed by atoms with van der Waals surface area (Å²) in [6, 6.07) is 21.2. The van der Waals surface area contributed by atoms with Gasteiger partial charge in [-0.3, -0.25) is 0 Å². The maximum atomic E-state index is 12.3. The van der Waals surface area contributed by atoms with Gasteiger partial charge in [0.2, 0.25) is 0 Å². The molecule has 0 radical (unpaired) electrons. The first-order valence-electron chi connectivity index (χ1n) is 9.09. The normalized spacial score (nSPS) is 10.9. The summed E-state index contributed by atoms with van der Waals surface area (Å²) < 4.78 is 8.56. The summed E-state index contributed by atoms with van der Waals surface area (Å²) in [5, 5.41) is 8.46. The molecule has 0 bridgehead atoms. The molecule has 0 amide bonds. The fourth-order valence-corrected chi connectivity index (χ4v) is 3.23. The van der Waals surface area contributed by atoms with Crippen molar-refractivity contribution < 1.29 is 4.74 Å². The molecule has 0 unspecified atom stereocenters. The molecule has 0 aliphatic carbocycles. The van der Waals surface area contributed by atoms with Crippen molar-refractivity contribution in [2.24, 2.45) is 7.05 Å². The van der Waals surface area contributed by atoms with Crippen molar-refractivity contribution in [2.45, 2.75) is 13.5 Å². The minimum absolute atomic E-state index is 0.301. The number of tetrazole rings is 1. The Morgan fingerprint density at radius 1 is 0.966 bits per heavy atom. The first-order chi connectivity index (χ1) is 14.0. The van der Waals surface area contributed by atoms with Crippen LogP contribution in [-0.2, 0) is 13.7 Å². The first kappa shape index (κ1) is 19.0. The van der Waals surface area contributed by atoms with Crippen LogP contribution in [0, 0.1) is 6.92 Å². The minimum Gasteiger partial charge on any atom is -0.489 e. The molecule has 0 spiro atoms. The maximum absolute atomic E-state index is 12.3. The van der Waals surface area contributed by atoms with Crippen LogP contribution in [0.1, 0.15) is 11.1 Å². The zero-order valence-corrected chi connectivity index (χ0v) is 16.8. The van der Waals surface area contributed by atoms with Crippen LogP contribution in [0.5, 0.6) is 5.75 Å². The Morgan fingerprint density at radius 3 is 2.45 bits per heavy atom. The van der Waals surface area contributed by atoms with Gasteiger partial charge in [-0.25, -0.2) is 4.79 Å². The van der Waals surface area contributed by atoms with Gasteiger partial charge in [-0.2, -0.15) is 9.36 Å². The van der Waals surface area contributed by atoms with E-state index in [1.165, 1.54) is 9.36 Å². The van der Waals surface area contributed by atoms with Crippen molar-refractivity contribution in [3.05, 3.63) is 93.4 Å². The first-order valence-corrected chi connectivity index (χ1v) is 9.47. The standard InChI is InChI=1S/C22H19ClN4O2/c1-15-5-3-8-21(27-22(28)26(2)24-25-27)20(15)14-29-19-7-4-6-17(13-19)16-9-11-18(23)12-10-16/h3-13H,14H2,1-2H3. The van der Waals surface area contributed by atoms with Gasteiger partial charge < -0.3 is 4.74 Å². The highest BCUT2D eigenvalue weighted by Crippen LogP contribution is 2.26. The fourth-order valence-electron chi connectivity index (χ4n) is 3.10. The molecule has 0 N–H and O–H groups in total. The van der Waals surface area contributed by atoms with E-state index < -0.39 is 0 Å². The van der Waals surface area contributed by atoms with Crippen LogP contribution in [0.3, 0.4) is 0 Å². The van der Waals surface area contributed by atoms with Gasteiger partial charge in [0.05, 0.1) is 5.69 Å². The maximum Gasteiger partial charge on any atom is 0.368 e. The van der Waals surface area contributed by atoms with E-state index in [1.54, 1.807) is 7.05 Å². The zero-order valence-electron chi connectivity index (χ0n) is 16.0. The Hall–Kier alpha value is -3.38. The van der Waals surface area contributed by atoms with E-state index in [2.05, 4.69) is 10.4 Å². The zero-order chi connectivity index (χ0) is 20.4. The SMILES string of the molecule is Cc1cccc(-n2nnn(C)c2=O)c1COc1cccc(-c2ccc(Cl)cc2)c1. The average Bonchev–Trinajstić information content (AvgIpc) is 3.06. The lowest BCUT2D eigenvalue weighted by molar-refractivity contribution is 0.305. The molecule has 0 aliphatic heterocycles. The van der Waals surface area contributed by atoms with E-state index >= 15 is 0 Å². The molecule has 29 heavy (non-hydrogen) atoms. The Labute approximate surface area is 172 Å². The van der Waals surface area contributed by atoms with E-state index in [0.717, 1.165) is 28.0 Å². The van der Waals surface area contributed by atoms with E-state index in [1.807, 2.05) is 73.7 Å². The summed E-state index contributed by atoms with van der Waals surface area (Å²) in [5.41, 5.74) is 4.34. The van der Waals surface area contributed by atoms with Crippen molar-refractivity contribution in [3.8, 4) is 22.6 Å². The lowest BCUT2D eigenvalue weighted by atomic mass is 10.1. The van der Waals surface area contributed by atoms with Gasteiger partial charge in [0.1, 0.15) is 12.4 Å². The quantitative estimate of drug-likeness (QED) is 0.499. The number of rotatable bonds is 5. The van der Waals surface area contributed by atoms with Crippen LogP contribution in [0.15, 0.2) is 71.5 Å². The van der Waals surface area contributed by atoms with Gasteiger partial charge in [0.15, 0.2) is 0 Å². The molecule has 0 saturated carbocycles. The molecule has 1 aromatic heterocycles. The number of nitrogens with zero attached hydrogens (tertiary/aromatic N) is 4. The van der Waals surface area contributed by atoms with Crippen LogP contribution in [-0.4, -0.2) is 19.8 Å². The Kier molecular flexibility index (Phi) is 5.18. The molecule has 146 valence electrons. The molecule has 0 aliphatic rings. The van der Waals surface area contributed by atoms with E-state index in [9.17, 15) is 4.79 Å². The minimum atomic E-state index is -0.304. The van der Waals surface area contributed by atoms with E-state index in [0.29, 0.717) is 17.3 Å². The van der Waals surface area contributed by atoms with Crippen molar-refractivity contribution >= 4 is 11.6 Å².